The van der Waals surface area contributed by atoms with Crippen molar-refractivity contribution in [3.8, 4) is 0 Å². The van der Waals surface area contributed by atoms with E-state index in [0.717, 1.165) is 18.1 Å². The van der Waals surface area contributed by atoms with Crippen molar-refractivity contribution in [3.63, 3.8) is 0 Å². The van der Waals surface area contributed by atoms with Crippen molar-refractivity contribution in [2.75, 3.05) is 13.1 Å². The number of carbonyl (C=O) groups excluding carboxylic acids is 2. The zero-order valence-electron chi connectivity index (χ0n) is 16.4. The van der Waals surface area contributed by atoms with Crippen LogP contribution in [-0.2, 0) is 22.4 Å². The van der Waals surface area contributed by atoms with Crippen LogP contribution in [0.3, 0.4) is 0 Å². The maximum atomic E-state index is 12.6. The number of aromatic nitrogens is 2. The van der Waals surface area contributed by atoms with Crippen LogP contribution >= 0.6 is 0 Å². The molecule has 0 bridgehead atoms. The molecule has 1 aliphatic heterocycles. The molecule has 1 aromatic carbocycles. The number of carbonyl (C=O) groups is 2. The molecule has 29 heavy (non-hydrogen) atoms. The molecular formula is C21H26N4O4. The van der Waals surface area contributed by atoms with E-state index in [-0.39, 0.29) is 35.8 Å². The predicted octanol–water partition coefficient (Wildman–Crippen LogP) is 0.592. The molecule has 3 rings (SSSR count). The first-order chi connectivity index (χ1) is 14.0. The van der Waals surface area contributed by atoms with E-state index in [0.29, 0.717) is 25.9 Å². The van der Waals surface area contributed by atoms with Crippen molar-refractivity contribution in [1.29, 1.82) is 0 Å². The number of hydrogen-bond donors (Lipinski definition) is 3. The lowest BCUT2D eigenvalue weighted by molar-refractivity contribution is -0.133. The Hall–Kier alpha value is -3.16. The lowest BCUT2D eigenvalue weighted by atomic mass is 9.89. The van der Waals surface area contributed by atoms with Crippen LogP contribution in [0.4, 0.5) is 0 Å². The highest BCUT2D eigenvalue weighted by molar-refractivity contribution is 5.80. The van der Waals surface area contributed by atoms with Gasteiger partial charge in [0, 0.05) is 30.8 Å². The van der Waals surface area contributed by atoms with Crippen LogP contribution in [0.15, 0.2) is 46.0 Å². The molecule has 1 fully saturated rings. The van der Waals surface area contributed by atoms with Crippen LogP contribution in [0.1, 0.15) is 30.9 Å². The minimum Gasteiger partial charge on any atom is -0.353 e. The smallest absolute Gasteiger partial charge is 0.266 e. The number of piperidine rings is 1. The Kier molecular flexibility index (Phi) is 6.64. The summed E-state index contributed by atoms with van der Waals surface area (Å²) in [5.74, 6) is -0.0621. The van der Waals surface area contributed by atoms with Gasteiger partial charge in [-0.15, -0.1) is 0 Å². The first kappa shape index (κ1) is 20.6. The molecule has 8 heteroatoms. The number of amides is 2. The van der Waals surface area contributed by atoms with Crippen molar-refractivity contribution < 1.29 is 9.59 Å². The average molecular weight is 398 g/mol. The molecule has 0 aliphatic carbocycles. The standard InChI is InChI=1S/C21H26N4O4/c1-2-15-13-25(20(28)12-16-11-19(27)23-24-21(16)29)9-8-17(15)22-18(26)10-14-6-4-3-5-7-14/h3-7,11,15,17H,2,8-10,12-13H2,1H3,(H,22,26)(H,23,27)(H,24,29)/t15-,17+/m1/s1. The Labute approximate surface area is 168 Å². The fraction of sp³-hybridized carbons (Fsp3) is 0.429. The SMILES string of the molecule is CC[C@@H]1CN(C(=O)Cc2cc(=O)[nH][nH]c2=O)CC[C@@H]1NC(=O)Cc1ccccc1. The summed E-state index contributed by atoms with van der Waals surface area (Å²) in [6.45, 7) is 3.07. The molecule has 0 unspecified atom stereocenters. The molecule has 8 nitrogen and oxygen atoms in total. The maximum Gasteiger partial charge on any atom is 0.266 e. The second kappa shape index (κ2) is 9.36. The molecule has 0 saturated carbocycles. The lowest BCUT2D eigenvalue weighted by Gasteiger charge is -2.38. The van der Waals surface area contributed by atoms with Gasteiger partial charge < -0.3 is 10.2 Å². The summed E-state index contributed by atoms with van der Waals surface area (Å²) >= 11 is 0. The summed E-state index contributed by atoms with van der Waals surface area (Å²) in [5, 5.41) is 7.54. The average Bonchev–Trinajstić information content (AvgIpc) is 2.71. The molecule has 0 spiro atoms. The monoisotopic (exact) mass is 398 g/mol. The second-order valence-electron chi connectivity index (χ2n) is 7.42. The van der Waals surface area contributed by atoms with E-state index in [1.165, 1.54) is 0 Å². The number of hydrogen-bond acceptors (Lipinski definition) is 4. The highest BCUT2D eigenvalue weighted by Crippen LogP contribution is 2.21. The third kappa shape index (κ3) is 5.43. The van der Waals surface area contributed by atoms with E-state index in [1.54, 1.807) is 4.90 Å². The molecular weight excluding hydrogens is 372 g/mol. The summed E-state index contributed by atoms with van der Waals surface area (Å²) in [6.07, 6.45) is 1.71. The summed E-state index contributed by atoms with van der Waals surface area (Å²) in [6, 6.07) is 10.8. The Bertz CT molecular complexity index is 966. The Morgan fingerprint density at radius 3 is 2.62 bits per heavy atom. The second-order valence-corrected chi connectivity index (χ2v) is 7.42. The summed E-state index contributed by atoms with van der Waals surface area (Å²) < 4.78 is 0. The van der Waals surface area contributed by atoms with Crippen LogP contribution in [0, 0.1) is 5.92 Å². The first-order valence-electron chi connectivity index (χ1n) is 9.88. The van der Waals surface area contributed by atoms with Crippen LogP contribution in [0.5, 0.6) is 0 Å². The molecule has 2 amide bonds. The third-order valence-corrected chi connectivity index (χ3v) is 5.40. The van der Waals surface area contributed by atoms with E-state index in [2.05, 4.69) is 15.5 Å². The topological polar surface area (TPSA) is 115 Å². The van der Waals surface area contributed by atoms with Crippen LogP contribution in [-0.4, -0.2) is 46.0 Å². The number of H-pyrrole nitrogens is 2. The van der Waals surface area contributed by atoms with Gasteiger partial charge in [-0.3, -0.25) is 29.4 Å². The highest BCUT2D eigenvalue weighted by Gasteiger charge is 2.31. The molecule has 1 aromatic heterocycles. The van der Waals surface area contributed by atoms with Crippen LogP contribution < -0.4 is 16.4 Å². The number of nitrogens with one attached hydrogen (secondary N) is 3. The van der Waals surface area contributed by atoms with Gasteiger partial charge in [0.15, 0.2) is 0 Å². The zero-order chi connectivity index (χ0) is 20.8. The van der Waals surface area contributed by atoms with E-state index >= 15 is 0 Å². The van der Waals surface area contributed by atoms with E-state index in [9.17, 15) is 19.2 Å². The van der Waals surface area contributed by atoms with Crippen molar-refractivity contribution in [2.24, 2.45) is 5.92 Å². The molecule has 2 aromatic rings. The summed E-state index contributed by atoms with van der Waals surface area (Å²) in [4.78, 5) is 49.9. The van der Waals surface area contributed by atoms with Gasteiger partial charge in [0.1, 0.15) is 0 Å². The molecule has 1 aliphatic rings. The number of aromatic amines is 2. The molecule has 2 heterocycles. The molecule has 0 radical (unpaired) electrons. The zero-order valence-corrected chi connectivity index (χ0v) is 16.4. The van der Waals surface area contributed by atoms with Gasteiger partial charge in [-0.1, -0.05) is 37.3 Å². The minimum absolute atomic E-state index is 0.0169. The van der Waals surface area contributed by atoms with Gasteiger partial charge in [0.25, 0.3) is 11.1 Å². The molecule has 154 valence electrons. The Morgan fingerprint density at radius 1 is 1.14 bits per heavy atom. The Morgan fingerprint density at radius 2 is 1.90 bits per heavy atom. The maximum absolute atomic E-state index is 12.6. The van der Waals surface area contributed by atoms with Crippen molar-refractivity contribution in [2.45, 2.75) is 38.6 Å². The lowest BCUT2D eigenvalue weighted by Crippen LogP contribution is -2.53. The van der Waals surface area contributed by atoms with Gasteiger partial charge >= 0.3 is 0 Å². The number of nitrogens with zero attached hydrogens (tertiary/aromatic N) is 1. The first-order valence-corrected chi connectivity index (χ1v) is 9.88. The van der Waals surface area contributed by atoms with Gasteiger partial charge in [0.2, 0.25) is 11.8 Å². The van der Waals surface area contributed by atoms with Crippen LogP contribution in [0.25, 0.3) is 0 Å². The van der Waals surface area contributed by atoms with E-state index in [1.807, 2.05) is 37.3 Å². The van der Waals surface area contributed by atoms with Crippen LogP contribution in [0.2, 0.25) is 0 Å². The number of benzene rings is 1. The Balaban J connectivity index is 1.57. The minimum atomic E-state index is -0.465. The molecule has 3 N–H and O–H groups in total. The fourth-order valence-electron chi connectivity index (χ4n) is 3.77. The third-order valence-electron chi connectivity index (χ3n) is 5.40. The molecule has 1 saturated heterocycles. The van der Waals surface area contributed by atoms with E-state index < -0.39 is 11.1 Å². The quantitative estimate of drug-likeness (QED) is 0.661. The highest BCUT2D eigenvalue weighted by atomic mass is 16.2. The predicted molar refractivity (Wildman–Crippen MR) is 108 cm³/mol. The van der Waals surface area contributed by atoms with Gasteiger partial charge in [-0.05, 0) is 24.3 Å². The van der Waals surface area contributed by atoms with Crippen molar-refractivity contribution in [3.05, 3.63) is 68.2 Å². The summed E-state index contributed by atoms with van der Waals surface area (Å²) in [5.41, 5.74) is 0.213. The van der Waals surface area contributed by atoms with E-state index in [4.69, 9.17) is 0 Å². The van der Waals surface area contributed by atoms with Gasteiger partial charge in [0.05, 0.1) is 12.8 Å². The van der Waals surface area contributed by atoms with Crippen molar-refractivity contribution in [1.82, 2.24) is 20.4 Å². The van der Waals surface area contributed by atoms with Gasteiger partial charge in [-0.2, -0.15) is 0 Å². The molecule has 2 atom stereocenters. The number of rotatable bonds is 6. The largest absolute Gasteiger partial charge is 0.353 e. The fourth-order valence-corrected chi connectivity index (χ4v) is 3.77. The summed E-state index contributed by atoms with van der Waals surface area (Å²) in [7, 11) is 0. The normalized spacial score (nSPS) is 19.0. The van der Waals surface area contributed by atoms with Crippen molar-refractivity contribution >= 4 is 11.8 Å². The van der Waals surface area contributed by atoms with Gasteiger partial charge in [-0.25, -0.2) is 0 Å². The number of likely N-dealkylation sites (tertiary alicyclic amines) is 1.